The van der Waals surface area contributed by atoms with Gasteiger partial charge in [-0.3, -0.25) is 14.7 Å². The second-order valence-electron chi connectivity index (χ2n) is 23.3. The Kier molecular flexibility index (Phi) is 22.1. The van der Waals surface area contributed by atoms with Crippen molar-refractivity contribution in [3.05, 3.63) is 149 Å². The first kappa shape index (κ1) is 61.4. The van der Waals surface area contributed by atoms with Gasteiger partial charge in [0.25, 0.3) is 0 Å². The van der Waals surface area contributed by atoms with Crippen molar-refractivity contribution in [3.8, 4) is 28.3 Å². The fourth-order valence-electron chi connectivity index (χ4n) is 9.22. The maximum Gasteiger partial charge on any atom is 0.488 e. The molecule has 5 aromatic rings. The van der Waals surface area contributed by atoms with Gasteiger partial charge in [-0.25, -0.2) is 14.4 Å². The average Bonchev–Trinajstić information content (AvgIpc) is 3.42. The van der Waals surface area contributed by atoms with Crippen LogP contribution in [0.1, 0.15) is 90.1 Å². The highest BCUT2D eigenvalue weighted by molar-refractivity contribution is 6.58. The summed E-state index contributed by atoms with van der Waals surface area (Å²) in [6, 6.07) is 42.6. The first-order valence-electron chi connectivity index (χ1n) is 27.5. The van der Waals surface area contributed by atoms with Crippen LogP contribution in [0, 0.1) is 11.3 Å². The Hall–Kier alpha value is -6.78. The van der Waals surface area contributed by atoms with Gasteiger partial charge in [-0.2, -0.15) is 5.26 Å². The third kappa shape index (κ3) is 20.8. The summed E-state index contributed by atoms with van der Waals surface area (Å²) in [5, 5.41) is 27.6. The predicted molar refractivity (Wildman–Crippen MR) is 312 cm³/mol. The lowest BCUT2D eigenvalue weighted by molar-refractivity contribution is 0.0129. The molecule has 3 fully saturated rings. The largest absolute Gasteiger partial charge is 0.488 e. The monoisotopic (exact) mass is 1080 g/mol. The van der Waals surface area contributed by atoms with E-state index in [4.69, 9.17) is 25.2 Å². The van der Waals surface area contributed by atoms with Gasteiger partial charge in [-0.1, -0.05) is 91.0 Å². The Bertz CT molecular complexity index is 2810. The van der Waals surface area contributed by atoms with E-state index in [2.05, 4.69) is 93.6 Å². The van der Waals surface area contributed by atoms with Gasteiger partial charge in [-0.05, 0) is 143 Å². The van der Waals surface area contributed by atoms with Crippen LogP contribution in [0.5, 0.6) is 0 Å². The molecule has 3 aliphatic rings. The van der Waals surface area contributed by atoms with E-state index in [0.29, 0.717) is 56.8 Å². The van der Waals surface area contributed by atoms with E-state index in [0.717, 1.165) is 81.2 Å². The van der Waals surface area contributed by atoms with Gasteiger partial charge in [-0.15, -0.1) is 0 Å². The minimum absolute atomic E-state index is 0.214. The van der Waals surface area contributed by atoms with Crippen LogP contribution >= 0.6 is 0 Å². The zero-order chi connectivity index (χ0) is 57.3. The number of ether oxygens (including phenoxy) is 3. The van der Waals surface area contributed by atoms with Crippen LogP contribution in [0.4, 0.5) is 14.4 Å². The molecule has 8 rings (SSSR count). The fraction of sp³-hybridized carbons (Fsp3) is 0.452. The minimum Gasteiger partial charge on any atom is -0.444 e. The highest BCUT2D eigenvalue weighted by atomic mass is 16.6. The van der Waals surface area contributed by atoms with Crippen molar-refractivity contribution in [1.82, 2.24) is 29.4 Å². The van der Waals surface area contributed by atoms with E-state index >= 15 is 0 Å². The molecule has 0 saturated carbocycles. The molecule has 17 heteroatoms. The molecule has 3 heterocycles. The van der Waals surface area contributed by atoms with Crippen LogP contribution in [0.2, 0.25) is 0 Å². The van der Waals surface area contributed by atoms with E-state index < -0.39 is 23.9 Å². The third-order valence-electron chi connectivity index (χ3n) is 13.2. The molecule has 79 heavy (non-hydrogen) atoms. The van der Waals surface area contributed by atoms with E-state index in [9.17, 15) is 24.4 Å². The van der Waals surface area contributed by atoms with Crippen molar-refractivity contribution < 1.29 is 38.6 Å². The van der Waals surface area contributed by atoms with Crippen LogP contribution in [0.15, 0.2) is 121 Å². The second-order valence-corrected chi connectivity index (χ2v) is 23.3. The van der Waals surface area contributed by atoms with E-state index in [-0.39, 0.29) is 18.3 Å². The number of benzene rings is 5. The van der Waals surface area contributed by atoms with Gasteiger partial charge in [0.2, 0.25) is 0 Å². The molecule has 5 aromatic carbocycles. The molecule has 3 amide bonds. The standard InChI is InChI=1S/C23H31N3O2.C23H27N3O2.C16H25BN2O4/c2*1-23(2,3)28-22(27)26-12-10-25(11-13-26)17-19-7-5-9-21(15-19)20-8-4-6-18(14-20)16-24;1-16(2,3)23-15(20)19-9-7-18(8-10-19)12-13-5-4-6-14(11-13)17(21)22/h4-9,14-15H,10-13,16-17,24H2,1-3H3;4-9,14-15H,10-13,17H2,1-3H3;4-6,11,21-22H,7-10,12H2,1-3H3. The van der Waals surface area contributed by atoms with Crippen molar-refractivity contribution in [3.63, 3.8) is 0 Å². The molecule has 0 atom stereocenters. The highest BCUT2D eigenvalue weighted by Gasteiger charge is 2.29. The average molecular weight is 1080 g/mol. The maximum atomic E-state index is 12.2. The van der Waals surface area contributed by atoms with Gasteiger partial charge >= 0.3 is 25.4 Å². The molecule has 0 radical (unpaired) electrons. The molecule has 0 bridgehead atoms. The lowest BCUT2D eigenvalue weighted by atomic mass is 9.79. The van der Waals surface area contributed by atoms with Crippen molar-refractivity contribution in [2.45, 2.75) is 105 Å². The van der Waals surface area contributed by atoms with Crippen molar-refractivity contribution in [1.29, 1.82) is 5.26 Å². The summed E-state index contributed by atoms with van der Waals surface area (Å²) >= 11 is 0. The summed E-state index contributed by atoms with van der Waals surface area (Å²) < 4.78 is 16.3. The SMILES string of the molecule is CC(C)(C)OC(=O)N1CCN(Cc2cccc(-c3cccc(C#N)c3)c2)CC1.CC(C)(C)OC(=O)N1CCN(Cc2cccc(-c3cccc(CN)c3)c2)CC1.CC(C)(C)OC(=O)N1CCN(Cc2cccc(B(O)O)c2)CC1. The Labute approximate surface area is 469 Å². The molecule has 4 N–H and O–H groups in total. The smallest absolute Gasteiger partial charge is 0.444 e. The Morgan fingerprint density at radius 2 is 0.772 bits per heavy atom. The number of hydrogen-bond acceptors (Lipinski definition) is 13. The summed E-state index contributed by atoms with van der Waals surface area (Å²) in [6.45, 7) is 28.9. The van der Waals surface area contributed by atoms with Crippen LogP contribution in [-0.2, 0) is 40.4 Å². The van der Waals surface area contributed by atoms with Crippen molar-refractivity contribution in [2.24, 2.45) is 5.73 Å². The summed E-state index contributed by atoms with van der Waals surface area (Å²) in [4.78, 5) is 48.7. The molecule has 0 aliphatic carbocycles. The number of nitrogens with two attached hydrogens (primary N) is 1. The fourth-order valence-corrected chi connectivity index (χ4v) is 9.22. The topological polar surface area (TPSA) is 189 Å². The van der Waals surface area contributed by atoms with Crippen molar-refractivity contribution in [2.75, 3.05) is 78.5 Å². The number of hydrogen-bond donors (Lipinski definition) is 3. The van der Waals surface area contributed by atoms with Gasteiger partial charge in [0, 0.05) is 105 Å². The van der Waals surface area contributed by atoms with Gasteiger partial charge in [0.15, 0.2) is 0 Å². The van der Waals surface area contributed by atoms with Gasteiger partial charge in [0.1, 0.15) is 16.8 Å². The zero-order valence-corrected chi connectivity index (χ0v) is 48.0. The summed E-state index contributed by atoms with van der Waals surface area (Å²) in [6.07, 6.45) is -0.706. The number of carbonyl (C=O) groups excluding carboxylic acids is 3. The molecule has 0 spiro atoms. The highest BCUT2D eigenvalue weighted by Crippen LogP contribution is 2.25. The summed E-state index contributed by atoms with van der Waals surface area (Å²) in [5.41, 5.74) is 14.8. The van der Waals surface area contributed by atoms with Crippen LogP contribution in [0.25, 0.3) is 22.3 Å². The number of amides is 3. The third-order valence-corrected chi connectivity index (χ3v) is 13.2. The van der Waals surface area contributed by atoms with Gasteiger partial charge in [0.05, 0.1) is 11.6 Å². The van der Waals surface area contributed by atoms with Crippen LogP contribution in [0.3, 0.4) is 0 Å². The summed E-state index contributed by atoms with van der Waals surface area (Å²) in [7, 11) is -1.45. The van der Waals surface area contributed by atoms with E-state index in [1.54, 1.807) is 26.8 Å². The molecule has 3 aliphatic heterocycles. The number of nitriles is 1. The Morgan fingerprint density at radius 3 is 1.10 bits per heavy atom. The molecule has 0 unspecified atom stereocenters. The molecule has 0 aromatic heterocycles. The number of carbonyl (C=O) groups is 3. The lowest BCUT2D eigenvalue weighted by Gasteiger charge is -2.35. The Balaban J connectivity index is 0.000000193. The molecular formula is C62H83BN8O8. The first-order chi connectivity index (χ1) is 37.4. The maximum absolute atomic E-state index is 12.2. The number of piperazine rings is 3. The predicted octanol–water partition coefficient (Wildman–Crippen LogP) is 8.56. The van der Waals surface area contributed by atoms with Crippen LogP contribution < -0.4 is 11.2 Å². The molecule has 422 valence electrons. The number of nitrogens with zero attached hydrogens (tertiary/aromatic N) is 7. The molecular weight excluding hydrogens is 996 g/mol. The van der Waals surface area contributed by atoms with Crippen LogP contribution in [-0.4, -0.2) is 160 Å². The first-order valence-corrected chi connectivity index (χ1v) is 27.5. The minimum atomic E-state index is -1.45. The molecule has 3 saturated heterocycles. The zero-order valence-electron chi connectivity index (χ0n) is 48.0. The summed E-state index contributed by atoms with van der Waals surface area (Å²) in [5.74, 6) is 0. The Morgan fingerprint density at radius 1 is 0.468 bits per heavy atom. The van der Waals surface area contributed by atoms with E-state index in [1.807, 2.05) is 98.7 Å². The van der Waals surface area contributed by atoms with E-state index in [1.165, 1.54) is 22.3 Å². The second kappa shape index (κ2) is 28.4. The lowest BCUT2D eigenvalue weighted by Crippen LogP contribution is -2.49. The van der Waals surface area contributed by atoms with Crippen molar-refractivity contribution >= 4 is 30.9 Å². The molecule has 16 nitrogen and oxygen atoms in total. The quantitative estimate of drug-likeness (QED) is 0.0893. The number of rotatable bonds is 10. The normalized spacial score (nSPS) is 15.6. The van der Waals surface area contributed by atoms with Gasteiger partial charge < -0.3 is 44.7 Å².